The molecule has 0 radical (unpaired) electrons. The second-order valence-corrected chi connectivity index (χ2v) is 5.43. The lowest BCUT2D eigenvalue weighted by atomic mass is 9.93. The summed E-state index contributed by atoms with van der Waals surface area (Å²) in [6.07, 6.45) is 0.833. The van der Waals surface area contributed by atoms with E-state index >= 15 is 0 Å². The quantitative estimate of drug-likeness (QED) is 0.750. The van der Waals surface area contributed by atoms with Crippen LogP contribution in [0.1, 0.15) is 33.6 Å². The van der Waals surface area contributed by atoms with Crippen molar-refractivity contribution in [2.75, 3.05) is 13.1 Å². The molecule has 0 heterocycles. The van der Waals surface area contributed by atoms with E-state index in [1.807, 2.05) is 0 Å². The van der Waals surface area contributed by atoms with E-state index in [0.717, 1.165) is 4.31 Å². The summed E-state index contributed by atoms with van der Waals surface area (Å²) < 4.78 is 48.9. The van der Waals surface area contributed by atoms with E-state index in [4.69, 9.17) is 5.73 Å². The van der Waals surface area contributed by atoms with Crippen molar-refractivity contribution in [3.63, 3.8) is 0 Å². The monoisotopic (exact) mass is 258 g/mol. The Morgan fingerprint density at radius 2 is 1.69 bits per heavy atom. The maximum atomic E-state index is 12.5. The van der Waals surface area contributed by atoms with Gasteiger partial charge in [-0.3, -0.25) is 0 Å². The zero-order chi connectivity index (χ0) is 13.0. The molecule has 0 aromatic heterocycles. The Labute approximate surface area is 95.9 Å². The molecule has 0 amide bonds. The zero-order valence-electron chi connectivity index (χ0n) is 9.91. The molecule has 0 aromatic rings. The number of rotatable bonds is 7. The van der Waals surface area contributed by atoms with Crippen molar-refractivity contribution in [3.8, 4) is 0 Å². The molecule has 16 heavy (non-hydrogen) atoms. The number of likely N-dealkylation sites (N-methyl/N-ethyl adjacent to an activating group) is 1. The molecular weight excluding hydrogens is 238 g/mol. The van der Waals surface area contributed by atoms with E-state index < -0.39 is 21.3 Å². The number of halogens is 2. The van der Waals surface area contributed by atoms with Crippen molar-refractivity contribution in [2.24, 2.45) is 5.73 Å². The van der Waals surface area contributed by atoms with Crippen LogP contribution in [0.5, 0.6) is 0 Å². The second kappa shape index (κ2) is 5.88. The van der Waals surface area contributed by atoms with Gasteiger partial charge in [-0.05, 0) is 12.8 Å². The molecule has 0 saturated carbocycles. The van der Waals surface area contributed by atoms with Crippen LogP contribution in [0.2, 0.25) is 0 Å². The number of nitrogens with two attached hydrogens (primary N) is 1. The molecule has 0 atom stereocenters. The Bertz CT molecular complexity index is 294. The van der Waals surface area contributed by atoms with Crippen LogP contribution in [0.4, 0.5) is 8.78 Å². The average Bonchev–Trinajstić information content (AvgIpc) is 2.25. The van der Waals surface area contributed by atoms with Crippen molar-refractivity contribution < 1.29 is 17.2 Å². The van der Waals surface area contributed by atoms with Gasteiger partial charge >= 0.3 is 5.76 Å². The summed E-state index contributed by atoms with van der Waals surface area (Å²) in [6.45, 7) is 5.08. The van der Waals surface area contributed by atoms with Gasteiger partial charge in [-0.2, -0.15) is 13.1 Å². The van der Waals surface area contributed by atoms with Gasteiger partial charge in [-0.1, -0.05) is 20.8 Å². The first kappa shape index (κ1) is 15.7. The van der Waals surface area contributed by atoms with E-state index in [2.05, 4.69) is 0 Å². The molecule has 0 bridgehead atoms. The fraction of sp³-hybridized carbons (Fsp3) is 1.00. The standard InChI is InChI=1S/C9H20F2N2O2S/c1-4-9(5-2,7-12)13(6-3)16(14,15)8(10)11/h8H,4-7,12H2,1-3H3. The number of hydrogen-bond acceptors (Lipinski definition) is 3. The lowest BCUT2D eigenvalue weighted by Gasteiger charge is -2.40. The molecule has 0 unspecified atom stereocenters. The maximum absolute atomic E-state index is 12.5. The van der Waals surface area contributed by atoms with E-state index in [-0.39, 0.29) is 13.1 Å². The van der Waals surface area contributed by atoms with E-state index in [0.29, 0.717) is 12.8 Å². The van der Waals surface area contributed by atoms with Gasteiger partial charge in [0.25, 0.3) is 10.0 Å². The molecule has 0 aliphatic heterocycles. The lowest BCUT2D eigenvalue weighted by molar-refractivity contribution is 0.156. The third-order valence-electron chi connectivity index (χ3n) is 3.04. The minimum Gasteiger partial charge on any atom is -0.329 e. The number of sulfonamides is 1. The fourth-order valence-electron chi connectivity index (χ4n) is 1.87. The Morgan fingerprint density at radius 1 is 1.25 bits per heavy atom. The summed E-state index contributed by atoms with van der Waals surface area (Å²) in [4.78, 5) is 0. The summed E-state index contributed by atoms with van der Waals surface area (Å²) in [6, 6.07) is 0. The highest BCUT2D eigenvalue weighted by Crippen LogP contribution is 2.28. The lowest BCUT2D eigenvalue weighted by Crippen LogP contribution is -2.56. The van der Waals surface area contributed by atoms with Crippen molar-refractivity contribution in [1.29, 1.82) is 0 Å². The third kappa shape index (κ3) is 2.70. The molecule has 0 fully saturated rings. The van der Waals surface area contributed by atoms with Crippen LogP contribution in [0, 0.1) is 0 Å². The van der Waals surface area contributed by atoms with Crippen LogP contribution in [-0.4, -0.2) is 37.1 Å². The fourth-order valence-corrected chi connectivity index (χ4v) is 3.30. The highest BCUT2D eigenvalue weighted by atomic mass is 32.2. The Kier molecular flexibility index (Phi) is 5.78. The van der Waals surface area contributed by atoms with Gasteiger partial charge in [0.15, 0.2) is 0 Å². The summed E-state index contributed by atoms with van der Waals surface area (Å²) in [5.74, 6) is -3.39. The first-order valence-electron chi connectivity index (χ1n) is 5.32. The molecule has 2 N–H and O–H groups in total. The molecule has 0 aliphatic carbocycles. The van der Waals surface area contributed by atoms with Crippen LogP contribution in [0.25, 0.3) is 0 Å². The smallest absolute Gasteiger partial charge is 0.329 e. The summed E-state index contributed by atoms with van der Waals surface area (Å²) in [5, 5.41) is 0. The molecule has 0 aliphatic rings. The van der Waals surface area contributed by atoms with E-state index in [9.17, 15) is 17.2 Å². The van der Waals surface area contributed by atoms with Gasteiger partial charge in [-0.15, -0.1) is 0 Å². The van der Waals surface area contributed by atoms with Crippen molar-refractivity contribution in [2.45, 2.75) is 44.9 Å². The Hall–Kier alpha value is -0.270. The SMILES string of the molecule is CCN(C(CC)(CC)CN)S(=O)(=O)C(F)F. The first-order valence-corrected chi connectivity index (χ1v) is 6.82. The van der Waals surface area contributed by atoms with E-state index in [1.165, 1.54) is 6.92 Å². The van der Waals surface area contributed by atoms with Crippen LogP contribution in [0.3, 0.4) is 0 Å². The summed E-state index contributed by atoms with van der Waals surface area (Å²) in [7, 11) is -4.56. The number of alkyl halides is 2. The van der Waals surface area contributed by atoms with Crippen molar-refractivity contribution in [1.82, 2.24) is 4.31 Å². The molecule has 4 nitrogen and oxygen atoms in total. The Morgan fingerprint density at radius 3 is 1.88 bits per heavy atom. The van der Waals surface area contributed by atoms with Crippen molar-refractivity contribution >= 4 is 10.0 Å². The van der Waals surface area contributed by atoms with Gasteiger partial charge in [-0.25, -0.2) is 8.42 Å². The molecule has 7 heteroatoms. The normalized spacial score (nSPS) is 13.8. The minimum atomic E-state index is -4.56. The topological polar surface area (TPSA) is 63.4 Å². The predicted octanol–water partition coefficient (Wildman–Crippen LogP) is 1.38. The maximum Gasteiger partial charge on any atom is 0.350 e. The highest BCUT2D eigenvalue weighted by Gasteiger charge is 2.43. The van der Waals surface area contributed by atoms with Gasteiger partial charge in [0, 0.05) is 18.6 Å². The Balaban J connectivity index is 5.42. The average molecular weight is 258 g/mol. The first-order chi connectivity index (χ1) is 7.32. The zero-order valence-corrected chi connectivity index (χ0v) is 10.7. The van der Waals surface area contributed by atoms with Crippen LogP contribution in [0.15, 0.2) is 0 Å². The molecule has 0 aromatic carbocycles. The highest BCUT2D eigenvalue weighted by molar-refractivity contribution is 7.89. The third-order valence-corrected chi connectivity index (χ3v) is 4.75. The predicted molar refractivity (Wildman–Crippen MR) is 59.7 cm³/mol. The van der Waals surface area contributed by atoms with Gasteiger partial charge in [0.2, 0.25) is 0 Å². The molecule has 98 valence electrons. The van der Waals surface area contributed by atoms with Crippen LogP contribution >= 0.6 is 0 Å². The van der Waals surface area contributed by atoms with Crippen LogP contribution < -0.4 is 5.73 Å². The molecule has 0 saturated heterocycles. The number of hydrogen-bond donors (Lipinski definition) is 1. The molecule has 0 rings (SSSR count). The van der Waals surface area contributed by atoms with E-state index in [1.54, 1.807) is 13.8 Å². The molecular formula is C9H20F2N2O2S. The van der Waals surface area contributed by atoms with Gasteiger partial charge < -0.3 is 5.73 Å². The van der Waals surface area contributed by atoms with Gasteiger partial charge in [0.05, 0.1) is 0 Å². The summed E-state index contributed by atoms with van der Waals surface area (Å²) in [5.41, 5.74) is 4.65. The van der Waals surface area contributed by atoms with Crippen molar-refractivity contribution in [3.05, 3.63) is 0 Å². The summed E-state index contributed by atoms with van der Waals surface area (Å²) >= 11 is 0. The number of nitrogens with zero attached hydrogens (tertiary/aromatic N) is 1. The second-order valence-electron chi connectivity index (χ2n) is 3.61. The van der Waals surface area contributed by atoms with Gasteiger partial charge in [0.1, 0.15) is 0 Å². The minimum absolute atomic E-state index is 0.00551. The van der Waals surface area contributed by atoms with Crippen LogP contribution in [-0.2, 0) is 10.0 Å². The molecule has 0 spiro atoms. The largest absolute Gasteiger partial charge is 0.350 e.